The van der Waals surface area contributed by atoms with Gasteiger partial charge in [-0.25, -0.2) is 0 Å². The Balaban J connectivity index is 1.72. The van der Waals surface area contributed by atoms with Gasteiger partial charge in [-0.15, -0.1) is 0 Å². The van der Waals surface area contributed by atoms with Crippen LogP contribution >= 0.6 is 0 Å². The molecule has 0 bridgehead atoms. The number of hydrogen-bond acceptors (Lipinski definition) is 3. The van der Waals surface area contributed by atoms with E-state index in [-0.39, 0.29) is 17.6 Å². The van der Waals surface area contributed by atoms with Crippen LogP contribution in [0.4, 0.5) is 0 Å². The largest absolute Gasteiger partial charge is 0.363 e. The molecule has 1 aromatic rings. The van der Waals surface area contributed by atoms with E-state index in [1.807, 2.05) is 44.2 Å². The third-order valence-corrected chi connectivity index (χ3v) is 3.97. The average Bonchev–Trinajstić information content (AvgIpc) is 2.94. The molecule has 4 heteroatoms. The Labute approximate surface area is 113 Å². The van der Waals surface area contributed by atoms with Gasteiger partial charge in [0.15, 0.2) is 0 Å². The topological polar surface area (TPSA) is 38.8 Å². The molecular weight excluding hydrogens is 242 g/mol. The van der Waals surface area contributed by atoms with Crippen molar-refractivity contribution in [2.75, 3.05) is 13.2 Å². The molecule has 102 valence electrons. The van der Waals surface area contributed by atoms with Crippen LogP contribution in [0.3, 0.4) is 0 Å². The number of rotatable bonds is 3. The van der Waals surface area contributed by atoms with Gasteiger partial charge in [-0.1, -0.05) is 44.2 Å². The molecule has 0 unspecified atom stereocenters. The zero-order valence-electron chi connectivity index (χ0n) is 11.3. The molecule has 0 saturated carbocycles. The van der Waals surface area contributed by atoms with Gasteiger partial charge in [0.1, 0.15) is 12.3 Å². The van der Waals surface area contributed by atoms with E-state index in [1.54, 1.807) is 4.90 Å². The first kappa shape index (κ1) is 12.6. The third kappa shape index (κ3) is 2.05. The normalized spacial score (nSPS) is 28.7. The molecule has 4 nitrogen and oxygen atoms in total. The SMILES string of the molecule is CC1(C)[C@H](OCc2ccccc2)C(=O)N2CCO[C@@H]21. The number of carbonyl (C=O) groups is 1. The van der Waals surface area contributed by atoms with E-state index in [1.165, 1.54) is 0 Å². The third-order valence-electron chi connectivity index (χ3n) is 3.97. The fourth-order valence-electron chi connectivity index (χ4n) is 2.95. The van der Waals surface area contributed by atoms with Crippen LogP contribution in [0.25, 0.3) is 0 Å². The lowest BCUT2D eigenvalue weighted by Gasteiger charge is -2.28. The van der Waals surface area contributed by atoms with E-state index in [0.717, 1.165) is 5.56 Å². The number of nitrogens with zero attached hydrogens (tertiary/aromatic N) is 1. The monoisotopic (exact) mass is 261 g/mol. The fourth-order valence-corrected chi connectivity index (χ4v) is 2.95. The Hall–Kier alpha value is -1.39. The summed E-state index contributed by atoms with van der Waals surface area (Å²) in [5, 5.41) is 0. The maximum absolute atomic E-state index is 12.3. The summed E-state index contributed by atoms with van der Waals surface area (Å²) in [7, 11) is 0. The molecule has 0 aliphatic carbocycles. The Morgan fingerprint density at radius 2 is 2.11 bits per heavy atom. The molecule has 0 N–H and O–H groups in total. The summed E-state index contributed by atoms with van der Waals surface area (Å²) in [4.78, 5) is 14.1. The summed E-state index contributed by atoms with van der Waals surface area (Å²) >= 11 is 0. The van der Waals surface area contributed by atoms with Crippen LogP contribution < -0.4 is 0 Å². The molecule has 1 aromatic carbocycles. The van der Waals surface area contributed by atoms with Gasteiger partial charge in [0.05, 0.1) is 13.2 Å². The predicted octanol–water partition coefficient (Wildman–Crippen LogP) is 1.80. The second kappa shape index (κ2) is 4.62. The lowest BCUT2D eigenvalue weighted by Crippen LogP contribution is -2.37. The number of carbonyl (C=O) groups excluding carboxylic acids is 1. The standard InChI is InChI=1S/C15H19NO3/c1-15(2)12(13(17)16-8-9-18-14(15)16)19-10-11-6-4-3-5-7-11/h3-7,12,14H,8-10H2,1-2H3/t12-,14-/m1/s1. The lowest BCUT2D eigenvalue weighted by molar-refractivity contribution is -0.140. The van der Waals surface area contributed by atoms with Crippen molar-refractivity contribution in [3.63, 3.8) is 0 Å². The molecule has 2 saturated heterocycles. The van der Waals surface area contributed by atoms with Gasteiger partial charge in [-0.05, 0) is 5.56 Å². The van der Waals surface area contributed by atoms with Gasteiger partial charge < -0.3 is 14.4 Å². The van der Waals surface area contributed by atoms with E-state index < -0.39 is 6.10 Å². The first-order valence-corrected chi connectivity index (χ1v) is 6.68. The zero-order valence-corrected chi connectivity index (χ0v) is 11.3. The number of ether oxygens (including phenoxy) is 2. The highest BCUT2D eigenvalue weighted by molar-refractivity contribution is 5.85. The Morgan fingerprint density at radius 3 is 2.79 bits per heavy atom. The van der Waals surface area contributed by atoms with E-state index in [9.17, 15) is 4.79 Å². The van der Waals surface area contributed by atoms with Gasteiger partial charge in [0.25, 0.3) is 5.91 Å². The summed E-state index contributed by atoms with van der Waals surface area (Å²) in [5.41, 5.74) is 0.779. The van der Waals surface area contributed by atoms with Crippen LogP contribution in [0.2, 0.25) is 0 Å². The van der Waals surface area contributed by atoms with E-state index in [4.69, 9.17) is 9.47 Å². The highest BCUT2D eigenvalue weighted by atomic mass is 16.5. The van der Waals surface area contributed by atoms with Crippen molar-refractivity contribution in [3.8, 4) is 0 Å². The van der Waals surface area contributed by atoms with Crippen LogP contribution in [0.15, 0.2) is 30.3 Å². The predicted molar refractivity (Wildman–Crippen MR) is 70.3 cm³/mol. The Morgan fingerprint density at radius 1 is 1.37 bits per heavy atom. The molecule has 2 atom stereocenters. The summed E-state index contributed by atoms with van der Waals surface area (Å²) < 4.78 is 11.6. The molecule has 0 radical (unpaired) electrons. The molecule has 0 aromatic heterocycles. The molecule has 2 fully saturated rings. The van der Waals surface area contributed by atoms with Crippen molar-refractivity contribution < 1.29 is 14.3 Å². The van der Waals surface area contributed by atoms with Crippen LogP contribution in [0, 0.1) is 5.41 Å². The van der Waals surface area contributed by atoms with Gasteiger partial charge in [0.2, 0.25) is 0 Å². The second-order valence-corrected chi connectivity index (χ2v) is 5.75. The van der Waals surface area contributed by atoms with Crippen molar-refractivity contribution in [1.82, 2.24) is 4.90 Å². The molecule has 0 spiro atoms. The molecule has 1 amide bonds. The minimum absolute atomic E-state index is 0.0587. The minimum atomic E-state index is -0.419. The van der Waals surface area contributed by atoms with Crippen LogP contribution in [-0.2, 0) is 20.9 Å². The molecule has 2 aliphatic heterocycles. The van der Waals surface area contributed by atoms with Crippen LogP contribution in [-0.4, -0.2) is 36.3 Å². The highest BCUT2D eigenvalue weighted by Crippen LogP contribution is 2.42. The molecule has 2 heterocycles. The van der Waals surface area contributed by atoms with Gasteiger partial charge >= 0.3 is 0 Å². The van der Waals surface area contributed by atoms with Crippen molar-refractivity contribution in [2.45, 2.75) is 32.8 Å². The number of amides is 1. The molecule has 2 aliphatic rings. The van der Waals surface area contributed by atoms with Gasteiger partial charge in [0, 0.05) is 12.0 Å². The van der Waals surface area contributed by atoms with Crippen molar-refractivity contribution in [3.05, 3.63) is 35.9 Å². The fraction of sp³-hybridized carbons (Fsp3) is 0.533. The molecule has 3 rings (SSSR count). The van der Waals surface area contributed by atoms with E-state index >= 15 is 0 Å². The quantitative estimate of drug-likeness (QED) is 0.832. The second-order valence-electron chi connectivity index (χ2n) is 5.75. The van der Waals surface area contributed by atoms with Crippen LogP contribution in [0.1, 0.15) is 19.4 Å². The maximum atomic E-state index is 12.3. The number of fused-ring (bicyclic) bond motifs is 1. The summed E-state index contributed by atoms with van der Waals surface area (Å²) in [5.74, 6) is 0.0587. The molecular formula is C15H19NO3. The van der Waals surface area contributed by atoms with Crippen molar-refractivity contribution >= 4 is 5.91 Å². The molecule has 19 heavy (non-hydrogen) atoms. The Bertz CT molecular complexity index is 472. The smallest absolute Gasteiger partial charge is 0.254 e. The van der Waals surface area contributed by atoms with Crippen molar-refractivity contribution in [2.24, 2.45) is 5.41 Å². The lowest BCUT2D eigenvalue weighted by atomic mass is 9.87. The van der Waals surface area contributed by atoms with E-state index in [0.29, 0.717) is 19.8 Å². The van der Waals surface area contributed by atoms with Crippen molar-refractivity contribution in [1.29, 1.82) is 0 Å². The summed E-state index contributed by atoms with van der Waals surface area (Å²) in [6.07, 6.45) is -0.557. The Kier molecular flexibility index (Phi) is 3.07. The minimum Gasteiger partial charge on any atom is -0.363 e. The number of hydrogen-bond donors (Lipinski definition) is 0. The summed E-state index contributed by atoms with van der Waals surface area (Å²) in [6, 6.07) is 9.93. The zero-order chi connectivity index (χ0) is 13.5. The highest BCUT2D eigenvalue weighted by Gasteiger charge is 2.57. The van der Waals surface area contributed by atoms with Gasteiger partial charge in [-0.2, -0.15) is 0 Å². The average molecular weight is 261 g/mol. The van der Waals surface area contributed by atoms with Gasteiger partial charge in [-0.3, -0.25) is 4.79 Å². The number of benzene rings is 1. The maximum Gasteiger partial charge on any atom is 0.254 e. The van der Waals surface area contributed by atoms with Crippen LogP contribution in [0.5, 0.6) is 0 Å². The summed E-state index contributed by atoms with van der Waals surface area (Å²) in [6.45, 7) is 5.84. The van der Waals surface area contributed by atoms with E-state index in [2.05, 4.69) is 0 Å². The first-order chi connectivity index (χ1) is 9.10. The first-order valence-electron chi connectivity index (χ1n) is 6.68.